The van der Waals surface area contributed by atoms with Crippen molar-refractivity contribution in [1.82, 2.24) is 9.97 Å². The van der Waals surface area contributed by atoms with Crippen molar-refractivity contribution in [1.29, 1.82) is 0 Å². The molecule has 0 aromatic carbocycles. The molecule has 17 heavy (non-hydrogen) atoms. The summed E-state index contributed by atoms with van der Waals surface area (Å²) in [5, 5.41) is 11.4. The highest BCUT2D eigenvalue weighted by atomic mass is 16.4. The van der Waals surface area contributed by atoms with Gasteiger partial charge in [0.25, 0.3) is 0 Å². The van der Waals surface area contributed by atoms with Crippen LogP contribution in [0.2, 0.25) is 0 Å². The zero-order chi connectivity index (χ0) is 12.5. The van der Waals surface area contributed by atoms with Crippen LogP contribution in [-0.4, -0.2) is 33.1 Å². The molecular weight excluding hydrogens is 218 g/mol. The lowest BCUT2D eigenvalue weighted by molar-refractivity contribution is 0.318. The average molecular weight is 235 g/mol. The van der Waals surface area contributed by atoms with Crippen LogP contribution >= 0.6 is 0 Å². The Morgan fingerprint density at radius 2 is 2.24 bits per heavy atom. The monoisotopic (exact) mass is 235 g/mol. The molecule has 3 N–H and O–H groups in total. The Hall–Kier alpha value is -1.85. The molecule has 1 aromatic rings. The van der Waals surface area contributed by atoms with Crippen molar-refractivity contribution in [2.75, 3.05) is 11.4 Å². The highest BCUT2D eigenvalue weighted by Gasteiger charge is 2.32. The van der Waals surface area contributed by atoms with Crippen molar-refractivity contribution in [3.05, 3.63) is 18.1 Å². The Bertz CT molecular complexity index is 426. The number of nitrogens with zero attached hydrogens (tertiary/aromatic N) is 4. The van der Waals surface area contributed by atoms with Gasteiger partial charge in [-0.1, -0.05) is 5.16 Å². The predicted octanol–water partition coefficient (Wildman–Crippen LogP) is 0.950. The fourth-order valence-electron chi connectivity index (χ4n) is 2.18. The lowest BCUT2D eigenvalue weighted by atomic mass is 10.0. The van der Waals surface area contributed by atoms with E-state index >= 15 is 0 Å². The van der Waals surface area contributed by atoms with E-state index in [4.69, 9.17) is 10.9 Å². The molecule has 6 nitrogen and oxygen atoms in total. The number of nitrogens with two attached hydrogens (primary N) is 1. The van der Waals surface area contributed by atoms with Crippen LogP contribution in [0.25, 0.3) is 0 Å². The van der Waals surface area contributed by atoms with Gasteiger partial charge in [-0.2, -0.15) is 0 Å². The molecule has 0 unspecified atom stereocenters. The lowest BCUT2D eigenvalue weighted by Gasteiger charge is -2.32. The van der Waals surface area contributed by atoms with Gasteiger partial charge in [-0.15, -0.1) is 0 Å². The lowest BCUT2D eigenvalue weighted by Crippen LogP contribution is -2.38. The largest absolute Gasteiger partial charge is 0.409 e. The summed E-state index contributed by atoms with van der Waals surface area (Å²) in [5.74, 6) is 0.812. The van der Waals surface area contributed by atoms with E-state index < -0.39 is 0 Å². The zero-order valence-corrected chi connectivity index (χ0v) is 10.1. The SMILES string of the molecule is CC1(C)CCCN1c1cnc(C(N)=NO)cn1. The normalized spacial score (nSPS) is 19.6. The van der Waals surface area contributed by atoms with Crippen molar-refractivity contribution < 1.29 is 5.21 Å². The number of hydrogen-bond acceptors (Lipinski definition) is 5. The molecule has 92 valence electrons. The maximum atomic E-state index is 8.54. The first-order chi connectivity index (χ1) is 8.04. The molecule has 0 spiro atoms. The summed E-state index contributed by atoms with van der Waals surface area (Å²) in [7, 11) is 0. The first-order valence-electron chi connectivity index (χ1n) is 5.62. The van der Waals surface area contributed by atoms with Gasteiger partial charge in [0.05, 0.1) is 12.4 Å². The van der Waals surface area contributed by atoms with Crippen molar-refractivity contribution >= 4 is 11.7 Å². The summed E-state index contributed by atoms with van der Waals surface area (Å²) in [5.41, 5.74) is 5.94. The highest BCUT2D eigenvalue weighted by molar-refractivity contribution is 5.94. The molecule has 6 heteroatoms. The fourth-order valence-corrected chi connectivity index (χ4v) is 2.18. The van der Waals surface area contributed by atoms with Gasteiger partial charge in [-0.3, -0.25) is 0 Å². The van der Waals surface area contributed by atoms with Crippen LogP contribution in [0.1, 0.15) is 32.4 Å². The third-order valence-corrected chi connectivity index (χ3v) is 3.19. The number of amidine groups is 1. The summed E-state index contributed by atoms with van der Waals surface area (Å²) in [6.45, 7) is 5.38. The number of anilines is 1. The van der Waals surface area contributed by atoms with Crippen LogP contribution in [0, 0.1) is 0 Å². The van der Waals surface area contributed by atoms with Crippen LogP contribution in [0.4, 0.5) is 5.82 Å². The molecular formula is C11H17N5O. The van der Waals surface area contributed by atoms with Crippen LogP contribution in [0.15, 0.2) is 17.5 Å². The van der Waals surface area contributed by atoms with Crippen LogP contribution in [0.5, 0.6) is 0 Å². The molecule has 0 atom stereocenters. The molecule has 0 radical (unpaired) electrons. The smallest absolute Gasteiger partial charge is 0.190 e. The second-order valence-electron chi connectivity index (χ2n) is 4.81. The number of aromatic nitrogens is 2. The third-order valence-electron chi connectivity index (χ3n) is 3.19. The Kier molecular flexibility index (Phi) is 2.87. The van der Waals surface area contributed by atoms with Gasteiger partial charge < -0.3 is 15.8 Å². The molecule has 1 fully saturated rings. The van der Waals surface area contributed by atoms with E-state index in [1.807, 2.05) is 0 Å². The molecule has 0 saturated carbocycles. The highest BCUT2D eigenvalue weighted by Crippen LogP contribution is 2.31. The molecule has 2 rings (SSSR count). The minimum atomic E-state index is -0.0234. The van der Waals surface area contributed by atoms with Gasteiger partial charge in [0.15, 0.2) is 5.84 Å². The molecule has 0 amide bonds. The molecule has 0 aliphatic carbocycles. The second-order valence-corrected chi connectivity index (χ2v) is 4.81. The van der Waals surface area contributed by atoms with Gasteiger partial charge in [-0.05, 0) is 26.7 Å². The summed E-state index contributed by atoms with van der Waals surface area (Å²) in [6, 6.07) is 0. The van der Waals surface area contributed by atoms with Gasteiger partial charge >= 0.3 is 0 Å². The third kappa shape index (κ3) is 2.15. The minimum absolute atomic E-state index is 0.0234. The van der Waals surface area contributed by atoms with Crippen LogP contribution in [0.3, 0.4) is 0 Å². The topological polar surface area (TPSA) is 87.6 Å². The van der Waals surface area contributed by atoms with Crippen molar-refractivity contribution in [3.8, 4) is 0 Å². The maximum absolute atomic E-state index is 8.54. The van der Waals surface area contributed by atoms with Gasteiger partial charge in [-0.25, -0.2) is 9.97 Å². The molecule has 1 aliphatic rings. The first-order valence-corrected chi connectivity index (χ1v) is 5.62. The standard InChI is InChI=1S/C11H17N5O/c1-11(2)4-3-5-16(11)9-7-13-8(6-14-9)10(12)15-17/h6-7,17H,3-5H2,1-2H3,(H2,12,15). The number of hydrogen-bond donors (Lipinski definition) is 2. The maximum Gasteiger partial charge on any atom is 0.190 e. The second kappa shape index (κ2) is 4.20. The van der Waals surface area contributed by atoms with Crippen LogP contribution < -0.4 is 10.6 Å². The van der Waals surface area contributed by atoms with E-state index in [0.717, 1.165) is 25.2 Å². The summed E-state index contributed by atoms with van der Waals surface area (Å²) in [6.07, 6.45) is 5.51. The van der Waals surface area contributed by atoms with E-state index in [0.29, 0.717) is 5.69 Å². The van der Waals surface area contributed by atoms with Gasteiger partial charge in [0.2, 0.25) is 0 Å². The predicted molar refractivity (Wildman–Crippen MR) is 65.2 cm³/mol. The van der Waals surface area contributed by atoms with E-state index in [-0.39, 0.29) is 11.4 Å². The number of oxime groups is 1. The molecule has 1 saturated heterocycles. The van der Waals surface area contributed by atoms with E-state index in [1.165, 1.54) is 6.20 Å². The molecule has 2 heterocycles. The van der Waals surface area contributed by atoms with Crippen molar-refractivity contribution in [2.45, 2.75) is 32.2 Å². The minimum Gasteiger partial charge on any atom is -0.409 e. The van der Waals surface area contributed by atoms with E-state index in [2.05, 4.69) is 33.9 Å². The Morgan fingerprint density at radius 1 is 1.47 bits per heavy atom. The summed E-state index contributed by atoms with van der Waals surface area (Å²) >= 11 is 0. The first kappa shape index (κ1) is 11.6. The zero-order valence-electron chi connectivity index (χ0n) is 10.1. The van der Waals surface area contributed by atoms with Crippen LogP contribution in [-0.2, 0) is 0 Å². The summed E-state index contributed by atoms with van der Waals surface area (Å²) in [4.78, 5) is 10.7. The Labute approximate surface area is 100 Å². The molecule has 0 bridgehead atoms. The van der Waals surface area contributed by atoms with E-state index in [9.17, 15) is 0 Å². The molecule has 1 aromatic heterocycles. The Balaban J connectivity index is 2.24. The Morgan fingerprint density at radius 3 is 2.71 bits per heavy atom. The van der Waals surface area contributed by atoms with Crippen molar-refractivity contribution in [2.24, 2.45) is 10.9 Å². The fraction of sp³-hybridized carbons (Fsp3) is 0.545. The quantitative estimate of drug-likeness (QED) is 0.345. The number of rotatable bonds is 2. The molecule has 1 aliphatic heterocycles. The average Bonchev–Trinajstić information content (AvgIpc) is 2.68. The van der Waals surface area contributed by atoms with Gasteiger partial charge in [0.1, 0.15) is 11.5 Å². The van der Waals surface area contributed by atoms with Gasteiger partial charge in [0, 0.05) is 12.1 Å². The van der Waals surface area contributed by atoms with Crippen molar-refractivity contribution in [3.63, 3.8) is 0 Å². The van der Waals surface area contributed by atoms with E-state index in [1.54, 1.807) is 6.20 Å². The summed E-state index contributed by atoms with van der Waals surface area (Å²) < 4.78 is 0.